The van der Waals surface area contributed by atoms with Crippen molar-refractivity contribution in [1.82, 2.24) is 24.9 Å². The molecular formula is C51H33N5. The van der Waals surface area contributed by atoms with E-state index in [1.807, 2.05) is 48.5 Å². The molecule has 0 N–H and O–H groups in total. The van der Waals surface area contributed by atoms with E-state index in [0.717, 1.165) is 77.4 Å². The number of hydrogen-bond acceptors (Lipinski definition) is 5. The van der Waals surface area contributed by atoms with Crippen molar-refractivity contribution in [2.45, 2.75) is 0 Å². The number of rotatable bonds is 7. The lowest BCUT2D eigenvalue weighted by molar-refractivity contribution is 1.08. The van der Waals surface area contributed by atoms with E-state index in [0.29, 0.717) is 23.3 Å². The SMILES string of the molecule is c1ccc(-c2cc(-c3cccc(-c4cccc(-c5nc(-c6cccc7ccccc67)nc(-c6cccc7ccccc67)n5)c4)c3)nc(-c3ccccc3)n2)cc1. The van der Waals surface area contributed by atoms with Crippen LogP contribution in [0.4, 0.5) is 0 Å². The van der Waals surface area contributed by atoms with Crippen molar-refractivity contribution < 1.29 is 0 Å². The predicted molar refractivity (Wildman–Crippen MR) is 228 cm³/mol. The third kappa shape index (κ3) is 6.37. The van der Waals surface area contributed by atoms with Crippen LogP contribution >= 0.6 is 0 Å². The molecule has 262 valence electrons. The average Bonchev–Trinajstić information content (AvgIpc) is 3.29. The second kappa shape index (κ2) is 14.3. The van der Waals surface area contributed by atoms with Gasteiger partial charge in [0.05, 0.1) is 11.4 Å². The monoisotopic (exact) mass is 715 g/mol. The zero-order chi connectivity index (χ0) is 37.3. The Morgan fingerprint density at radius 2 is 0.625 bits per heavy atom. The molecule has 10 rings (SSSR count). The van der Waals surface area contributed by atoms with E-state index < -0.39 is 0 Å². The Morgan fingerprint density at radius 1 is 0.232 bits per heavy atom. The van der Waals surface area contributed by atoms with Crippen LogP contribution in [0.5, 0.6) is 0 Å². The van der Waals surface area contributed by atoms with E-state index >= 15 is 0 Å². The number of fused-ring (bicyclic) bond motifs is 2. The molecular weight excluding hydrogens is 683 g/mol. The van der Waals surface area contributed by atoms with E-state index in [2.05, 4.69) is 152 Å². The molecule has 0 bridgehead atoms. The lowest BCUT2D eigenvalue weighted by Crippen LogP contribution is -2.01. The van der Waals surface area contributed by atoms with Gasteiger partial charge in [-0.3, -0.25) is 0 Å². The van der Waals surface area contributed by atoms with Gasteiger partial charge in [-0.2, -0.15) is 0 Å². The first-order valence-electron chi connectivity index (χ1n) is 18.7. The summed E-state index contributed by atoms with van der Waals surface area (Å²) in [6, 6.07) is 68.7. The van der Waals surface area contributed by atoms with E-state index in [1.54, 1.807) is 0 Å². The second-order valence-corrected chi connectivity index (χ2v) is 13.7. The summed E-state index contributed by atoms with van der Waals surface area (Å²) >= 11 is 0. The molecule has 0 spiro atoms. The summed E-state index contributed by atoms with van der Waals surface area (Å²) < 4.78 is 0. The topological polar surface area (TPSA) is 64.5 Å². The van der Waals surface area contributed by atoms with Gasteiger partial charge in [0.1, 0.15) is 0 Å². The molecule has 0 amide bonds. The number of hydrogen-bond donors (Lipinski definition) is 0. The first-order chi connectivity index (χ1) is 27.7. The van der Waals surface area contributed by atoms with Crippen molar-refractivity contribution in [3.8, 4) is 79.2 Å². The highest BCUT2D eigenvalue weighted by atomic mass is 15.0. The zero-order valence-electron chi connectivity index (χ0n) is 30.3. The third-order valence-electron chi connectivity index (χ3n) is 10.1. The third-order valence-corrected chi connectivity index (χ3v) is 10.1. The van der Waals surface area contributed by atoms with Gasteiger partial charge in [-0.15, -0.1) is 0 Å². The maximum atomic E-state index is 5.17. The van der Waals surface area contributed by atoms with E-state index in [-0.39, 0.29) is 0 Å². The Labute approximate surface area is 324 Å². The van der Waals surface area contributed by atoms with Crippen molar-refractivity contribution in [3.05, 3.63) is 200 Å². The van der Waals surface area contributed by atoms with E-state index in [1.165, 1.54) is 0 Å². The van der Waals surface area contributed by atoms with Crippen molar-refractivity contribution in [3.63, 3.8) is 0 Å². The number of benzene rings is 8. The van der Waals surface area contributed by atoms with Gasteiger partial charge in [0.2, 0.25) is 0 Å². The second-order valence-electron chi connectivity index (χ2n) is 13.7. The predicted octanol–water partition coefficient (Wildman–Crippen LogP) is 12.6. The molecule has 2 aromatic heterocycles. The van der Waals surface area contributed by atoms with Gasteiger partial charge in [0.15, 0.2) is 23.3 Å². The largest absolute Gasteiger partial charge is 0.228 e. The Balaban J connectivity index is 1.10. The smallest absolute Gasteiger partial charge is 0.164 e. The molecule has 0 fully saturated rings. The van der Waals surface area contributed by atoms with E-state index in [4.69, 9.17) is 24.9 Å². The van der Waals surface area contributed by atoms with Crippen LogP contribution < -0.4 is 0 Å². The molecule has 8 aromatic carbocycles. The fraction of sp³-hybridized carbons (Fsp3) is 0. The minimum atomic E-state index is 0.611. The lowest BCUT2D eigenvalue weighted by Gasteiger charge is -2.13. The standard InChI is InChI=1S/C51H33N5/c1-3-17-36(18-4-1)46-33-47(53-48(52-46)37-19-5-2-6-20-37)40-25-11-23-38(31-40)39-24-12-26-41(32-39)49-54-50(44-29-13-21-34-15-7-9-27-42(34)44)56-51(55-49)45-30-14-22-35-16-8-10-28-43(35)45/h1-33H. The Bertz CT molecular complexity index is 2870. The first kappa shape index (κ1) is 33.0. The molecule has 0 saturated carbocycles. The van der Waals surface area contributed by atoms with Crippen molar-refractivity contribution >= 4 is 21.5 Å². The highest BCUT2D eigenvalue weighted by molar-refractivity contribution is 5.97. The highest BCUT2D eigenvalue weighted by Crippen LogP contribution is 2.35. The molecule has 0 atom stereocenters. The number of aromatic nitrogens is 5. The maximum absolute atomic E-state index is 5.17. The van der Waals surface area contributed by atoms with Gasteiger partial charge in [-0.25, -0.2) is 24.9 Å². The number of nitrogens with zero attached hydrogens (tertiary/aromatic N) is 5. The summed E-state index contributed by atoms with van der Waals surface area (Å²) in [5, 5.41) is 4.46. The minimum Gasteiger partial charge on any atom is -0.228 e. The molecule has 10 aromatic rings. The van der Waals surface area contributed by atoms with Crippen LogP contribution in [0.15, 0.2) is 200 Å². The van der Waals surface area contributed by atoms with Gasteiger partial charge in [0.25, 0.3) is 0 Å². The average molecular weight is 716 g/mol. The van der Waals surface area contributed by atoms with Gasteiger partial charge in [-0.05, 0) is 50.9 Å². The molecule has 5 heteroatoms. The van der Waals surface area contributed by atoms with Crippen LogP contribution in [-0.2, 0) is 0 Å². The van der Waals surface area contributed by atoms with E-state index in [9.17, 15) is 0 Å². The minimum absolute atomic E-state index is 0.611. The molecule has 56 heavy (non-hydrogen) atoms. The molecule has 5 nitrogen and oxygen atoms in total. The Hall–Kier alpha value is -7.63. The fourth-order valence-electron chi connectivity index (χ4n) is 7.35. The molecule has 0 saturated heterocycles. The molecule has 0 aliphatic carbocycles. The maximum Gasteiger partial charge on any atom is 0.164 e. The first-order valence-corrected chi connectivity index (χ1v) is 18.7. The molecule has 0 aliphatic heterocycles. The Morgan fingerprint density at radius 3 is 1.23 bits per heavy atom. The molecule has 0 unspecified atom stereocenters. The van der Waals surface area contributed by atoms with Crippen LogP contribution in [-0.4, -0.2) is 24.9 Å². The Kier molecular flexibility index (Phi) is 8.43. The lowest BCUT2D eigenvalue weighted by atomic mass is 9.99. The summed E-state index contributed by atoms with van der Waals surface area (Å²) in [5.74, 6) is 2.57. The van der Waals surface area contributed by atoms with Gasteiger partial charge in [0, 0.05) is 33.4 Å². The van der Waals surface area contributed by atoms with Gasteiger partial charge >= 0.3 is 0 Å². The van der Waals surface area contributed by atoms with Crippen molar-refractivity contribution in [1.29, 1.82) is 0 Å². The van der Waals surface area contributed by atoms with Crippen molar-refractivity contribution in [2.75, 3.05) is 0 Å². The van der Waals surface area contributed by atoms with Gasteiger partial charge < -0.3 is 0 Å². The zero-order valence-corrected chi connectivity index (χ0v) is 30.3. The normalized spacial score (nSPS) is 11.2. The summed E-state index contributed by atoms with van der Waals surface area (Å²) in [7, 11) is 0. The molecule has 0 radical (unpaired) electrons. The van der Waals surface area contributed by atoms with Crippen LogP contribution in [0.3, 0.4) is 0 Å². The van der Waals surface area contributed by atoms with Crippen LogP contribution in [0, 0.1) is 0 Å². The quantitative estimate of drug-likeness (QED) is 0.164. The molecule has 2 heterocycles. The summed E-state index contributed by atoms with van der Waals surface area (Å²) in [5.41, 5.74) is 9.68. The fourth-order valence-corrected chi connectivity index (χ4v) is 7.35. The summed E-state index contributed by atoms with van der Waals surface area (Å²) in [6.07, 6.45) is 0. The molecule has 0 aliphatic rings. The van der Waals surface area contributed by atoms with Crippen molar-refractivity contribution in [2.24, 2.45) is 0 Å². The van der Waals surface area contributed by atoms with Crippen LogP contribution in [0.2, 0.25) is 0 Å². The van der Waals surface area contributed by atoms with Gasteiger partial charge in [-0.1, -0.05) is 182 Å². The summed E-state index contributed by atoms with van der Waals surface area (Å²) in [4.78, 5) is 25.6. The van der Waals surface area contributed by atoms with Crippen LogP contribution in [0.1, 0.15) is 0 Å². The highest BCUT2D eigenvalue weighted by Gasteiger charge is 2.17. The van der Waals surface area contributed by atoms with Crippen LogP contribution in [0.25, 0.3) is 101 Å². The summed E-state index contributed by atoms with van der Waals surface area (Å²) in [6.45, 7) is 0.